The Balaban J connectivity index is 1.95. The van der Waals surface area contributed by atoms with Crippen LogP contribution in [0.25, 0.3) is 0 Å². The second-order valence-corrected chi connectivity index (χ2v) is 6.33. The van der Waals surface area contributed by atoms with Crippen molar-refractivity contribution in [3.05, 3.63) is 11.4 Å². The smallest absolute Gasteiger partial charge is 0.244 e. The molecule has 0 aromatic carbocycles. The molecule has 1 aliphatic rings. The number of carbonyl (C=O) groups excluding carboxylic acids is 1. The van der Waals surface area contributed by atoms with Crippen molar-refractivity contribution >= 4 is 11.6 Å². The summed E-state index contributed by atoms with van der Waals surface area (Å²) in [6.07, 6.45) is 5.99. The minimum absolute atomic E-state index is 0.126. The molecule has 1 aliphatic carbocycles. The van der Waals surface area contributed by atoms with Crippen LogP contribution in [0.4, 0.5) is 5.69 Å². The van der Waals surface area contributed by atoms with Crippen LogP contribution in [0.2, 0.25) is 0 Å². The third-order valence-electron chi connectivity index (χ3n) is 5.06. The highest BCUT2D eigenvalue weighted by atomic mass is 16.2. The number of hydrogen-bond donors (Lipinski definition) is 1. The molecule has 1 amide bonds. The molecule has 2 rings (SSSR count). The molecule has 118 valence electrons. The molecule has 0 atom stereocenters. The van der Waals surface area contributed by atoms with Crippen LogP contribution in [0.5, 0.6) is 0 Å². The lowest BCUT2D eigenvalue weighted by molar-refractivity contribution is -0.133. The first-order valence-electron chi connectivity index (χ1n) is 7.99. The summed E-state index contributed by atoms with van der Waals surface area (Å²) in [6.45, 7) is 6.33. The fourth-order valence-electron chi connectivity index (χ4n) is 3.25. The maximum absolute atomic E-state index is 12.5. The molecular weight excluding hydrogens is 264 g/mol. The molecule has 1 heterocycles. The van der Waals surface area contributed by atoms with E-state index in [1.807, 2.05) is 25.8 Å². The molecule has 5 heteroatoms. The van der Waals surface area contributed by atoms with Gasteiger partial charge in [0.25, 0.3) is 0 Å². The van der Waals surface area contributed by atoms with Gasteiger partial charge in [-0.1, -0.05) is 13.3 Å². The van der Waals surface area contributed by atoms with E-state index in [9.17, 15) is 4.79 Å². The first-order valence-corrected chi connectivity index (χ1v) is 7.99. The highest BCUT2D eigenvalue weighted by Gasteiger charge is 2.26. The van der Waals surface area contributed by atoms with E-state index in [1.165, 1.54) is 19.3 Å². The molecule has 1 fully saturated rings. The molecule has 1 saturated carbocycles. The van der Waals surface area contributed by atoms with E-state index in [0.717, 1.165) is 30.1 Å². The number of likely N-dealkylation sites (N-methyl/N-ethyl adjacent to an activating group) is 1. The maximum Gasteiger partial charge on any atom is 0.244 e. The predicted octanol–water partition coefficient (Wildman–Crippen LogP) is 2.51. The Labute approximate surface area is 127 Å². The number of carbonyl (C=O) groups is 1. The van der Waals surface area contributed by atoms with Gasteiger partial charge in [-0.15, -0.1) is 0 Å². The van der Waals surface area contributed by atoms with Crippen molar-refractivity contribution in [1.82, 2.24) is 14.7 Å². The molecule has 1 aromatic rings. The molecule has 0 saturated heterocycles. The average Bonchev–Trinajstić information content (AvgIpc) is 2.74. The van der Waals surface area contributed by atoms with E-state index in [-0.39, 0.29) is 12.5 Å². The quantitative estimate of drug-likeness (QED) is 0.927. The minimum Gasteiger partial charge on any atom is -0.396 e. The summed E-state index contributed by atoms with van der Waals surface area (Å²) in [4.78, 5) is 14.4. The van der Waals surface area contributed by atoms with Gasteiger partial charge in [0.15, 0.2) is 0 Å². The highest BCUT2D eigenvalue weighted by molar-refractivity contribution is 5.76. The normalized spacial score (nSPS) is 22.3. The Hall–Kier alpha value is -1.52. The Kier molecular flexibility index (Phi) is 4.91. The number of aryl methyl sites for hydroxylation is 1. The Morgan fingerprint density at radius 3 is 2.43 bits per heavy atom. The zero-order valence-electron chi connectivity index (χ0n) is 13.7. The van der Waals surface area contributed by atoms with Crippen molar-refractivity contribution < 1.29 is 4.79 Å². The summed E-state index contributed by atoms with van der Waals surface area (Å²) in [7, 11) is 1.92. The van der Waals surface area contributed by atoms with E-state index in [2.05, 4.69) is 12.0 Å². The van der Waals surface area contributed by atoms with Gasteiger partial charge >= 0.3 is 0 Å². The molecule has 21 heavy (non-hydrogen) atoms. The van der Waals surface area contributed by atoms with Crippen molar-refractivity contribution in [2.24, 2.45) is 5.92 Å². The van der Waals surface area contributed by atoms with Crippen LogP contribution in [-0.2, 0) is 11.3 Å². The fourth-order valence-corrected chi connectivity index (χ4v) is 3.25. The Morgan fingerprint density at radius 1 is 1.33 bits per heavy atom. The van der Waals surface area contributed by atoms with Gasteiger partial charge in [-0.05, 0) is 45.4 Å². The Bertz CT molecular complexity index is 501. The van der Waals surface area contributed by atoms with Gasteiger partial charge in [-0.2, -0.15) is 5.10 Å². The molecule has 1 aromatic heterocycles. The number of amides is 1. The summed E-state index contributed by atoms with van der Waals surface area (Å²) < 4.78 is 1.72. The van der Waals surface area contributed by atoms with Gasteiger partial charge in [0, 0.05) is 13.1 Å². The van der Waals surface area contributed by atoms with Crippen LogP contribution in [0.15, 0.2) is 0 Å². The summed E-state index contributed by atoms with van der Waals surface area (Å²) in [5, 5.41) is 4.35. The lowest BCUT2D eigenvalue weighted by Crippen LogP contribution is -2.41. The van der Waals surface area contributed by atoms with Crippen molar-refractivity contribution in [2.45, 2.75) is 65.5 Å². The van der Waals surface area contributed by atoms with Crippen LogP contribution in [0, 0.1) is 19.8 Å². The summed E-state index contributed by atoms with van der Waals surface area (Å²) >= 11 is 0. The van der Waals surface area contributed by atoms with Gasteiger partial charge in [0.1, 0.15) is 6.54 Å². The third kappa shape index (κ3) is 3.39. The molecule has 0 spiro atoms. The molecule has 0 bridgehead atoms. The zero-order chi connectivity index (χ0) is 15.6. The summed E-state index contributed by atoms with van der Waals surface area (Å²) in [5.41, 5.74) is 8.28. The topological polar surface area (TPSA) is 64.2 Å². The zero-order valence-corrected chi connectivity index (χ0v) is 13.7. The Morgan fingerprint density at radius 2 is 1.95 bits per heavy atom. The average molecular weight is 292 g/mol. The second kappa shape index (κ2) is 6.50. The van der Waals surface area contributed by atoms with Gasteiger partial charge in [0.2, 0.25) is 5.91 Å². The van der Waals surface area contributed by atoms with Gasteiger partial charge < -0.3 is 10.6 Å². The van der Waals surface area contributed by atoms with Crippen LogP contribution < -0.4 is 5.73 Å². The van der Waals surface area contributed by atoms with E-state index in [4.69, 9.17) is 5.73 Å². The van der Waals surface area contributed by atoms with Gasteiger partial charge in [-0.25, -0.2) is 0 Å². The van der Waals surface area contributed by atoms with Crippen molar-refractivity contribution in [3.8, 4) is 0 Å². The minimum atomic E-state index is 0.126. The number of nitrogen functional groups attached to an aromatic ring is 1. The molecule has 0 radical (unpaired) electrons. The molecule has 5 nitrogen and oxygen atoms in total. The molecule has 0 aliphatic heterocycles. The third-order valence-corrected chi connectivity index (χ3v) is 5.06. The SMILES string of the molecule is CCC1CCC(N(C)C(=O)Cn2nc(C)c(N)c2C)CC1. The van der Waals surface area contributed by atoms with Gasteiger partial charge in [-0.3, -0.25) is 9.48 Å². The predicted molar refractivity (Wildman–Crippen MR) is 84.9 cm³/mol. The first kappa shape index (κ1) is 15.9. The highest BCUT2D eigenvalue weighted by Crippen LogP contribution is 2.29. The largest absolute Gasteiger partial charge is 0.396 e. The standard InChI is InChI=1S/C16H28N4O/c1-5-13-6-8-14(9-7-13)19(4)15(21)10-20-12(3)16(17)11(2)18-20/h13-14H,5-10,17H2,1-4H3. The van der Waals surface area contributed by atoms with E-state index in [1.54, 1.807) is 4.68 Å². The van der Waals surface area contributed by atoms with E-state index in [0.29, 0.717) is 11.7 Å². The van der Waals surface area contributed by atoms with Crippen LogP contribution in [-0.4, -0.2) is 33.7 Å². The number of hydrogen-bond acceptors (Lipinski definition) is 3. The van der Waals surface area contributed by atoms with Crippen molar-refractivity contribution in [3.63, 3.8) is 0 Å². The molecule has 2 N–H and O–H groups in total. The maximum atomic E-state index is 12.5. The van der Waals surface area contributed by atoms with Crippen LogP contribution in [0.3, 0.4) is 0 Å². The number of nitrogens with two attached hydrogens (primary N) is 1. The van der Waals surface area contributed by atoms with Crippen LogP contribution >= 0.6 is 0 Å². The van der Waals surface area contributed by atoms with Crippen molar-refractivity contribution in [1.29, 1.82) is 0 Å². The fraction of sp³-hybridized carbons (Fsp3) is 0.750. The molecular formula is C16H28N4O. The summed E-state index contributed by atoms with van der Waals surface area (Å²) in [5.74, 6) is 0.973. The monoisotopic (exact) mass is 292 g/mol. The number of anilines is 1. The van der Waals surface area contributed by atoms with Crippen LogP contribution in [0.1, 0.15) is 50.4 Å². The van der Waals surface area contributed by atoms with E-state index < -0.39 is 0 Å². The number of aromatic nitrogens is 2. The van der Waals surface area contributed by atoms with Gasteiger partial charge in [0.05, 0.1) is 17.1 Å². The second-order valence-electron chi connectivity index (χ2n) is 6.33. The molecule has 0 unspecified atom stereocenters. The van der Waals surface area contributed by atoms with E-state index >= 15 is 0 Å². The lowest BCUT2D eigenvalue weighted by Gasteiger charge is -2.34. The number of nitrogens with zero attached hydrogens (tertiary/aromatic N) is 3. The first-order chi connectivity index (χ1) is 9.93. The summed E-state index contributed by atoms with van der Waals surface area (Å²) in [6, 6.07) is 0.384. The lowest BCUT2D eigenvalue weighted by atomic mass is 9.84. The van der Waals surface area contributed by atoms with Crippen molar-refractivity contribution in [2.75, 3.05) is 12.8 Å². The number of rotatable bonds is 4.